The van der Waals surface area contributed by atoms with Crippen LogP contribution in [0.4, 0.5) is 4.79 Å². The molecule has 27 heavy (non-hydrogen) atoms. The molecule has 0 heterocycles. The number of hydrogen-bond donors (Lipinski definition) is 3. The summed E-state index contributed by atoms with van der Waals surface area (Å²) in [4.78, 5) is 22.8. The lowest BCUT2D eigenvalue weighted by Crippen LogP contribution is -2.34. The first kappa shape index (κ1) is 19.8. The molecule has 0 saturated heterocycles. The normalized spacial score (nSPS) is 9.52. The van der Waals surface area contributed by atoms with E-state index >= 15 is 0 Å². The molecular weight excluding hydrogens is 346 g/mol. The quantitative estimate of drug-likeness (QED) is 0.227. The summed E-state index contributed by atoms with van der Waals surface area (Å²) in [6.07, 6.45) is -0.0462. The van der Waals surface area contributed by atoms with Gasteiger partial charge in [-0.25, -0.2) is 10.6 Å². The standard InChI is InChI=1S/C20H21N3O4/c21-23-19(24)15-26-18-12-5-4-10-17(18)11-6-7-13-22-20(25)27-14-16-8-2-1-3-9-16/h1-5,8-10,12H,7,13-15,21H2,(H,22,25)(H,23,24). The van der Waals surface area contributed by atoms with Crippen LogP contribution in [0.1, 0.15) is 17.5 Å². The average molecular weight is 367 g/mol. The second-order valence-corrected chi connectivity index (χ2v) is 5.39. The molecule has 0 aromatic heterocycles. The minimum Gasteiger partial charge on any atom is -0.482 e. The van der Waals surface area contributed by atoms with Crippen LogP contribution in [0.2, 0.25) is 0 Å². The van der Waals surface area contributed by atoms with Crippen molar-refractivity contribution in [3.8, 4) is 17.6 Å². The van der Waals surface area contributed by atoms with Crippen LogP contribution in [-0.2, 0) is 16.1 Å². The Balaban J connectivity index is 1.73. The van der Waals surface area contributed by atoms with Crippen LogP contribution in [0.3, 0.4) is 0 Å². The second kappa shape index (κ2) is 11.2. The summed E-state index contributed by atoms with van der Waals surface area (Å²) in [7, 11) is 0. The first-order valence-corrected chi connectivity index (χ1v) is 8.33. The van der Waals surface area contributed by atoms with Crippen LogP contribution < -0.4 is 21.3 Å². The minimum absolute atomic E-state index is 0.190. The molecule has 0 atom stereocenters. The van der Waals surface area contributed by atoms with Gasteiger partial charge in [0.1, 0.15) is 12.4 Å². The number of benzene rings is 2. The van der Waals surface area contributed by atoms with Crippen molar-refractivity contribution in [1.29, 1.82) is 0 Å². The second-order valence-electron chi connectivity index (χ2n) is 5.39. The fourth-order valence-electron chi connectivity index (χ4n) is 2.04. The van der Waals surface area contributed by atoms with Crippen molar-refractivity contribution < 1.29 is 19.1 Å². The number of nitrogens with two attached hydrogens (primary N) is 1. The van der Waals surface area contributed by atoms with E-state index in [0.29, 0.717) is 24.3 Å². The first-order chi connectivity index (χ1) is 13.2. The van der Waals surface area contributed by atoms with Crippen molar-refractivity contribution in [3.05, 3.63) is 65.7 Å². The Morgan fingerprint density at radius 3 is 2.56 bits per heavy atom. The first-order valence-electron chi connectivity index (χ1n) is 8.33. The summed E-state index contributed by atoms with van der Waals surface area (Å²) >= 11 is 0. The van der Waals surface area contributed by atoms with E-state index in [0.717, 1.165) is 5.56 Å². The maximum absolute atomic E-state index is 11.6. The number of nitrogens with one attached hydrogen (secondary N) is 2. The summed E-state index contributed by atoms with van der Waals surface area (Å²) in [6, 6.07) is 16.5. The molecule has 140 valence electrons. The fraction of sp³-hybridized carbons (Fsp3) is 0.200. The number of carbonyl (C=O) groups excluding carboxylic acids is 2. The molecule has 0 aliphatic heterocycles. The highest BCUT2D eigenvalue weighted by Gasteiger charge is 2.04. The Kier molecular flexibility index (Phi) is 8.21. The SMILES string of the molecule is NNC(=O)COc1ccccc1C#CCCNC(=O)OCc1ccccc1. The zero-order valence-corrected chi connectivity index (χ0v) is 14.7. The van der Waals surface area contributed by atoms with Gasteiger partial charge in [0, 0.05) is 13.0 Å². The zero-order valence-electron chi connectivity index (χ0n) is 14.7. The molecule has 7 nitrogen and oxygen atoms in total. The van der Waals surface area contributed by atoms with Crippen molar-refractivity contribution >= 4 is 12.0 Å². The smallest absolute Gasteiger partial charge is 0.407 e. The Hall–Kier alpha value is -3.50. The van der Waals surface area contributed by atoms with Gasteiger partial charge in [-0.15, -0.1) is 0 Å². The van der Waals surface area contributed by atoms with Gasteiger partial charge in [0.2, 0.25) is 0 Å². The predicted molar refractivity (Wildman–Crippen MR) is 100 cm³/mol. The Bertz CT molecular complexity index is 813. The van der Waals surface area contributed by atoms with Gasteiger partial charge >= 0.3 is 6.09 Å². The number of rotatable bonds is 7. The van der Waals surface area contributed by atoms with Crippen LogP contribution in [0, 0.1) is 11.8 Å². The van der Waals surface area contributed by atoms with Gasteiger partial charge in [-0.2, -0.15) is 0 Å². The third kappa shape index (κ3) is 7.50. The fourth-order valence-corrected chi connectivity index (χ4v) is 2.04. The van der Waals surface area contributed by atoms with Gasteiger partial charge < -0.3 is 14.8 Å². The molecule has 7 heteroatoms. The summed E-state index contributed by atoms with van der Waals surface area (Å²) in [5.74, 6) is 11.0. The van der Waals surface area contributed by atoms with Crippen LogP contribution in [0.15, 0.2) is 54.6 Å². The number of amides is 2. The number of para-hydroxylation sites is 1. The van der Waals surface area contributed by atoms with Gasteiger partial charge in [0.15, 0.2) is 6.61 Å². The molecule has 0 unspecified atom stereocenters. The highest BCUT2D eigenvalue weighted by Crippen LogP contribution is 2.16. The van der Waals surface area contributed by atoms with E-state index in [2.05, 4.69) is 17.2 Å². The van der Waals surface area contributed by atoms with E-state index in [-0.39, 0.29) is 13.2 Å². The number of carbonyl (C=O) groups is 2. The van der Waals surface area contributed by atoms with Crippen LogP contribution in [0.5, 0.6) is 5.75 Å². The summed E-state index contributed by atoms with van der Waals surface area (Å²) < 4.78 is 10.5. The molecule has 0 saturated carbocycles. The highest BCUT2D eigenvalue weighted by atomic mass is 16.5. The monoisotopic (exact) mass is 367 g/mol. The summed E-state index contributed by atoms with van der Waals surface area (Å²) in [5, 5.41) is 2.64. The minimum atomic E-state index is -0.489. The molecule has 2 amide bonds. The van der Waals surface area contributed by atoms with Crippen molar-refractivity contribution in [2.45, 2.75) is 13.0 Å². The molecule has 0 aliphatic rings. The maximum atomic E-state index is 11.6. The predicted octanol–water partition coefficient (Wildman–Crippen LogP) is 1.72. The summed E-state index contributed by atoms with van der Waals surface area (Å²) in [5.41, 5.74) is 3.56. The van der Waals surface area contributed by atoms with E-state index < -0.39 is 12.0 Å². The molecular formula is C20H21N3O4. The molecule has 2 aromatic rings. The van der Waals surface area contributed by atoms with E-state index in [9.17, 15) is 9.59 Å². The topological polar surface area (TPSA) is 103 Å². The Morgan fingerprint density at radius 1 is 1.04 bits per heavy atom. The van der Waals surface area contributed by atoms with Crippen molar-refractivity contribution in [2.24, 2.45) is 5.84 Å². The van der Waals surface area contributed by atoms with Crippen molar-refractivity contribution in [3.63, 3.8) is 0 Å². The third-order valence-corrected chi connectivity index (χ3v) is 3.36. The lowest BCUT2D eigenvalue weighted by Gasteiger charge is -2.07. The van der Waals surface area contributed by atoms with E-state index in [1.165, 1.54) is 0 Å². The molecule has 0 aliphatic carbocycles. The lowest BCUT2D eigenvalue weighted by atomic mass is 10.2. The molecule has 4 N–H and O–H groups in total. The number of hydrogen-bond acceptors (Lipinski definition) is 5. The van der Waals surface area contributed by atoms with Gasteiger partial charge in [-0.3, -0.25) is 10.2 Å². The molecule has 0 bridgehead atoms. The number of hydrazine groups is 1. The molecule has 2 rings (SSSR count). The summed E-state index contributed by atoms with van der Waals surface area (Å²) in [6.45, 7) is 0.392. The third-order valence-electron chi connectivity index (χ3n) is 3.36. The molecule has 0 fully saturated rings. The van der Waals surface area contributed by atoms with E-state index in [1.807, 2.05) is 41.8 Å². The van der Waals surface area contributed by atoms with Crippen LogP contribution in [-0.4, -0.2) is 25.2 Å². The Morgan fingerprint density at radius 2 is 1.78 bits per heavy atom. The van der Waals surface area contributed by atoms with Crippen molar-refractivity contribution in [1.82, 2.24) is 10.7 Å². The van der Waals surface area contributed by atoms with Gasteiger partial charge in [0.25, 0.3) is 5.91 Å². The van der Waals surface area contributed by atoms with Crippen LogP contribution >= 0.6 is 0 Å². The van der Waals surface area contributed by atoms with Gasteiger partial charge in [0.05, 0.1) is 5.56 Å². The lowest BCUT2D eigenvalue weighted by molar-refractivity contribution is -0.123. The largest absolute Gasteiger partial charge is 0.482 e. The molecule has 2 aromatic carbocycles. The maximum Gasteiger partial charge on any atom is 0.407 e. The van der Waals surface area contributed by atoms with E-state index in [1.54, 1.807) is 18.2 Å². The number of ether oxygens (including phenoxy) is 2. The van der Waals surface area contributed by atoms with Crippen LogP contribution in [0.25, 0.3) is 0 Å². The zero-order chi connectivity index (χ0) is 19.3. The Labute approximate surface area is 157 Å². The number of alkyl carbamates (subject to hydrolysis) is 1. The van der Waals surface area contributed by atoms with E-state index in [4.69, 9.17) is 15.3 Å². The van der Waals surface area contributed by atoms with Crippen molar-refractivity contribution in [2.75, 3.05) is 13.2 Å². The average Bonchev–Trinajstić information content (AvgIpc) is 2.71. The molecule has 0 spiro atoms. The highest BCUT2D eigenvalue weighted by molar-refractivity contribution is 5.76. The molecule has 0 radical (unpaired) electrons. The van der Waals surface area contributed by atoms with Gasteiger partial charge in [-0.05, 0) is 17.7 Å². The van der Waals surface area contributed by atoms with Gasteiger partial charge in [-0.1, -0.05) is 54.3 Å².